The average Bonchev–Trinajstić information content (AvgIpc) is 2.76. The van der Waals surface area contributed by atoms with Crippen LogP contribution >= 0.6 is 0 Å². The lowest BCUT2D eigenvalue weighted by atomic mass is 9.97. The molecular weight excluding hydrogens is 262 g/mol. The summed E-state index contributed by atoms with van der Waals surface area (Å²) in [5, 5.41) is 9.57. The van der Waals surface area contributed by atoms with Gasteiger partial charge in [-0.05, 0) is 24.9 Å². The van der Waals surface area contributed by atoms with E-state index in [9.17, 15) is 0 Å². The maximum absolute atomic E-state index is 5.26. The Morgan fingerprint density at radius 3 is 2.81 bits per heavy atom. The summed E-state index contributed by atoms with van der Waals surface area (Å²) in [5.74, 6) is 0.550. The number of ether oxygens (including phenoxy) is 1. The van der Waals surface area contributed by atoms with Crippen LogP contribution in [0.25, 0.3) is 10.9 Å². The summed E-state index contributed by atoms with van der Waals surface area (Å²) in [6, 6.07) is 8.89. The first-order valence-corrected chi connectivity index (χ1v) is 7.78. The van der Waals surface area contributed by atoms with E-state index in [0.717, 1.165) is 26.0 Å². The predicted molar refractivity (Wildman–Crippen MR) is 87.5 cm³/mol. The van der Waals surface area contributed by atoms with Gasteiger partial charge in [0.05, 0.1) is 11.2 Å². The van der Waals surface area contributed by atoms with Crippen LogP contribution in [0.2, 0.25) is 0 Å². The van der Waals surface area contributed by atoms with Crippen molar-refractivity contribution in [3.63, 3.8) is 0 Å². The van der Waals surface area contributed by atoms with E-state index in [4.69, 9.17) is 9.84 Å². The number of hydrogen-bond donors (Lipinski definition) is 1. The van der Waals surface area contributed by atoms with Gasteiger partial charge in [-0.1, -0.05) is 32.0 Å². The molecule has 0 spiro atoms. The van der Waals surface area contributed by atoms with Crippen LogP contribution in [0.3, 0.4) is 0 Å². The van der Waals surface area contributed by atoms with Gasteiger partial charge < -0.3 is 10.1 Å². The molecule has 0 aliphatic carbocycles. The van der Waals surface area contributed by atoms with Crippen LogP contribution in [0.4, 0.5) is 0 Å². The lowest BCUT2D eigenvalue weighted by molar-refractivity contribution is 0.149. The maximum atomic E-state index is 5.26. The Labute approximate surface area is 127 Å². The Hall–Kier alpha value is -1.39. The molecule has 0 aliphatic heterocycles. The minimum atomic E-state index is 0.443. The minimum Gasteiger partial charge on any atom is -0.384 e. The predicted octanol–water partition coefficient (Wildman–Crippen LogP) is 2.77. The lowest BCUT2D eigenvalue weighted by Crippen LogP contribution is -2.33. The molecule has 4 nitrogen and oxygen atoms in total. The van der Waals surface area contributed by atoms with Crippen molar-refractivity contribution in [2.75, 3.05) is 20.3 Å². The Morgan fingerprint density at radius 2 is 2.10 bits per heavy atom. The number of benzene rings is 1. The van der Waals surface area contributed by atoms with E-state index in [2.05, 4.69) is 43.4 Å². The molecule has 2 atom stereocenters. The van der Waals surface area contributed by atoms with Crippen LogP contribution in [-0.4, -0.2) is 36.1 Å². The lowest BCUT2D eigenvalue weighted by Gasteiger charge is -2.21. The second kappa shape index (κ2) is 7.57. The van der Waals surface area contributed by atoms with Gasteiger partial charge >= 0.3 is 0 Å². The zero-order chi connectivity index (χ0) is 15.2. The molecule has 0 radical (unpaired) electrons. The summed E-state index contributed by atoms with van der Waals surface area (Å²) in [4.78, 5) is 0. The summed E-state index contributed by atoms with van der Waals surface area (Å²) in [6.07, 6.45) is 2.07. The molecule has 0 saturated heterocycles. The second-order valence-corrected chi connectivity index (χ2v) is 5.84. The Balaban J connectivity index is 2.14. The SMILES string of the molecule is CCNC(Cc1nn(C)c2ccccc12)CC(C)COC. The molecule has 2 aromatic rings. The van der Waals surface area contributed by atoms with E-state index in [-0.39, 0.29) is 0 Å². The van der Waals surface area contributed by atoms with Crippen molar-refractivity contribution in [1.82, 2.24) is 15.1 Å². The highest BCUT2D eigenvalue weighted by molar-refractivity contribution is 5.81. The van der Waals surface area contributed by atoms with Crippen molar-refractivity contribution in [3.8, 4) is 0 Å². The number of methoxy groups -OCH3 is 1. The highest BCUT2D eigenvalue weighted by atomic mass is 16.5. The molecule has 1 aromatic heterocycles. The average molecular weight is 289 g/mol. The molecule has 0 aliphatic rings. The number of aryl methyl sites for hydroxylation is 1. The molecule has 116 valence electrons. The number of rotatable bonds is 8. The smallest absolute Gasteiger partial charge is 0.0718 e. The number of likely N-dealkylation sites (N-methyl/N-ethyl adjacent to an activating group) is 1. The molecule has 4 heteroatoms. The van der Waals surface area contributed by atoms with Crippen molar-refractivity contribution < 1.29 is 4.74 Å². The number of nitrogens with one attached hydrogen (secondary N) is 1. The van der Waals surface area contributed by atoms with Crippen LogP contribution < -0.4 is 5.32 Å². The molecule has 2 rings (SSSR count). The van der Waals surface area contributed by atoms with Gasteiger partial charge in [0.15, 0.2) is 0 Å². The van der Waals surface area contributed by atoms with Crippen LogP contribution in [0.1, 0.15) is 26.0 Å². The highest BCUT2D eigenvalue weighted by Crippen LogP contribution is 2.20. The van der Waals surface area contributed by atoms with Crippen molar-refractivity contribution in [2.24, 2.45) is 13.0 Å². The summed E-state index contributed by atoms with van der Waals surface area (Å²) in [6.45, 7) is 6.19. The first kappa shape index (κ1) is 16.0. The van der Waals surface area contributed by atoms with Crippen molar-refractivity contribution in [3.05, 3.63) is 30.0 Å². The highest BCUT2D eigenvalue weighted by Gasteiger charge is 2.17. The third kappa shape index (κ3) is 4.05. The Bertz CT molecular complexity index is 564. The van der Waals surface area contributed by atoms with E-state index in [1.807, 2.05) is 11.7 Å². The maximum Gasteiger partial charge on any atom is 0.0718 e. The van der Waals surface area contributed by atoms with Crippen LogP contribution in [0.15, 0.2) is 24.3 Å². The van der Waals surface area contributed by atoms with Crippen molar-refractivity contribution in [1.29, 1.82) is 0 Å². The van der Waals surface area contributed by atoms with Crippen LogP contribution in [0.5, 0.6) is 0 Å². The van der Waals surface area contributed by atoms with Gasteiger partial charge in [-0.25, -0.2) is 0 Å². The summed E-state index contributed by atoms with van der Waals surface area (Å²) in [5.41, 5.74) is 2.39. The number of hydrogen-bond acceptors (Lipinski definition) is 3. The van der Waals surface area contributed by atoms with E-state index >= 15 is 0 Å². The molecule has 0 amide bonds. The molecule has 2 unspecified atom stereocenters. The number of nitrogens with zero attached hydrogens (tertiary/aromatic N) is 2. The summed E-state index contributed by atoms with van der Waals surface area (Å²) < 4.78 is 7.24. The van der Waals surface area contributed by atoms with Crippen LogP contribution in [0, 0.1) is 5.92 Å². The monoisotopic (exact) mass is 289 g/mol. The van der Waals surface area contributed by atoms with Crippen molar-refractivity contribution in [2.45, 2.75) is 32.7 Å². The second-order valence-electron chi connectivity index (χ2n) is 5.84. The molecule has 0 bridgehead atoms. The van der Waals surface area contributed by atoms with Gasteiger partial charge in [0.1, 0.15) is 0 Å². The molecule has 0 fully saturated rings. The van der Waals surface area contributed by atoms with Gasteiger partial charge in [-0.3, -0.25) is 4.68 Å². The van der Waals surface area contributed by atoms with Gasteiger partial charge in [-0.2, -0.15) is 5.10 Å². The fourth-order valence-corrected chi connectivity index (χ4v) is 3.04. The largest absolute Gasteiger partial charge is 0.384 e. The summed E-state index contributed by atoms with van der Waals surface area (Å²) >= 11 is 0. The molecule has 21 heavy (non-hydrogen) atoms. The molecule has 1 aromatic carbocycles. The number of aromatic nitrogens is 2. The standard InChI is InChI=1S/C17H27N3O/c1-5-18-14(10-13(2)12-21-4)11-16-15-8-6-7-9-17(15)20(3)19-16/h6-9,13-14,18H,5,10-12H2,1-4H3. The fourth-order valence-electron chi connectivity index (χ4n) is 3.04. The van der Waals surface area contributed by atoms with E-state index < -0.39 is 0 Å². The zero-order valence-electron chi connectivity index (χ0n) is 13.6. The van der Waals surface area contributed by atoms with E-state index in [1.54, 1.807) is 7.11 Å². The molecule has 0 saturated carbocycles. The zero-order valence-corrected chi connectivity index (χ0v) is 13.6. The normalized spacial score (nSPS) is 14.5. The van der Waals surface area contributed by atoms with E-state index in [0.29, 0.717) is 12.0 Å². The minimum absolute atomic E-state index is 0.443. The van der Waals surface area contributed by atoms with Gasteiger partial charge in [0.25, 0.3) is 0 Å². The summed E-state index contributed by atoms with van der Waals surface area (Å²) in [7, 11) is 3.78. The first-order valence-electron chi connectivity index (χ1n) is 7.78. The van der Waals surface area contributed by atoms with Crippen molar-refractivity contribution >= 4 is 10.9 Å². The first-order chi connectivity index (χ1) is 10.2. The Kier molecular flexibility index (Phi) is 5.76. The van der Waals surface area contributed by atoms with Gasteiger partial charge in [0.2, 0.25) is 0 Å². The molecule has 1 heterocycles. The topological polar surface area (TPSA) is 39.1 Å². The van der Waals surface area contributed by atoms with Crippen LogP contribution in [-0.2, 0) is 18.2 Å². The Morgan fingerprint density at radius 1 is 1.33 bits per heavy atom. The number of para-hydroxylation sites is 1. The fraction of sp³-hybridized carbons (Fsp3) is 0.588. The molecular formula is C17H27N3O. The molecule has 1 N–H and O–H groups in total. The quantitative estimate of drug-likeness (QED) is 0.812. The number of fused-ring (bicyclic) bond motifs is 1. The van der Waals surface area contributed by atoms with Gasteiger partial charge in [0, 0.05) is 38.6 Å². The third-order valence-electron chi connectivity index (χ3n) is 3.90. The van der Waals surface area contributed by atoms with E-state index in [1.165, 1.54) is 16.6 Å². The van der Waals surface area contributed by atoms with Gasteiger partial charge in [-0.15, -0.1) is 0 Å². The third-order valence-corrected chi connectivity index (χ3v) is 3.90.